The number of aliphatic hydroxyl groups excluding tert-OH is 1. The van der Waals surface area contributed by atoms with Crippen LogP contribution in [0.4, 0.5) is 0 Å². The van der Waals surface area contributed by atoms with Crippen molar-refractivity contribution in [1.29, 1.82) is 0 Å². The molecule has 0 radical (unpaired) electrons. The van der Waals surface area contributed by atoms with Gasteiger partial charge in [-0.25, -0.2) is 0 Å². The molecular weight excluding hydrogens is 182 g/mol. The molecule has 4 nitrogen and oxygen atoms in total. The molecule has 0 amide bonds. The molecule has 0 aliphatic rings. The third-order valence-corrected chi connectivity index (χ3v) is 2.15. The van der Waals surface area contributed by atoms with Crippen LogP contribution in [0.15, 0.2) is 0 Å². The second-order valence-electron chi connectivity index (χ2n) is 4.54. The molecule has 4 heteroatoms. The SMILES string of the molecule is CC(CCC(=O)O)NCC(C)(C)CO. The van der Waals surface area contributed by atoms with Gasteiger partial charge in [0.2, 0.25) is 0 Å². The Balaban J connectivity index is 3.63. The van der Waals surface area contributed by atoms with Gasteiger partial charge in [-0.05, 0) is 13.3 Å². The molecule has 0 saturated carbocycles. The first-order chi connectivity index (χ1) is 6.37. The molecule has 0 aliphatic carbocycles. The number of aliphatic carboxylic acids is 1. The van der Waals surface area contributed by atoms with Gasteiger partial charge in [0.05, 0.1) is 0 Å². The lowest BCUT2D eigenvalue weighted by Crippen LogP contribution is -2.37. The van der Waals surface area contributed by atoms with E-state index in [1.54, 1.807) is 0 Å². The summed E-state index contributed by atoms with van der Waals surface area (Å²) in [5.41, 5.74) is -0.141. The van der Waals surface area contributed by atoms with Crippen molar-refractivity contribution < 1.29 is 15.0 Å². The summed E-state index contributed by atoms with van der Waals surface area (Å²) >= 11 is 0. The first kappa shape index (κ1) is 13.4. The van der Waals surface area contributed by atoms with Crippen LogP contribution >= 0.6 is 0 Å². The van der Waals surface area contributed by atoms with Crippen molar-refractivity contribution in [2.75, 3.05) is 13.2 Å². The summed E-state index contributed by atoms with van der Waals surface area (Å²) in [6.07, 6.45) is 0.810. The minimum absolute atomic E-state index is 0.131. The molecule has 0 rings (SSSR count). The Morgan fingerprint density at radius 2 is 2.07 bits per heavy atom. The van der Waals surface area contributed by atoms with Crippen LogP contribution in [0, 0.1) is 5.41 Å². The normalized spacial score (nSPS) is 14.0. The number of carboxylic acids is 1. The van der Waals surface area contributed by atoms with Crippen LogP contribution in [0.5, 0.6) is 0 Å². The number of carboxylic acid groups (broad SMARTS) is 1. The van der Waals surface area contributed by atoms with E-state index in [1.807, 2.05) is 20.8 Å². The Bertz CT molecular complexity index is 180. The number of aliphatic hydroxyl groups is 1. The molecule has 0 fully saturated rings. The lowest BCUT2D eigenvalue weighted by Gasteiger charge is -2.24. The Kier molecular flexibility index (Phi) is 5.72. The van der Waals surface area contributed by atoms with Gasteiger partial charge in [-0.3, -0.25) is 4.79 Å². The molecular formula is C10H21NO3. The van der Waals surface area contributed by atoms with Crippen LogP contribution in [-0.2, 0) is 4.79 Å². The smallest absolute Gasteiger partial charge is 0.303 e. The lowest BCUT2D eigenvalue weighted by molar-refractivity contribution is -0.137. The van der Waals surface area contributed by atoms with Crippen LogP contribution < -0.4 is 5.32 Å². The van der Waals surface area contributed by atoms with Crippen LogP contribution in [-0.4, -0.2) is 35.4 Å². The molecule has 0 heterocycles. The summed E-state index contributed by atoms with van der Waals surface area (Å²) in [6, 6.07) is 0.178. The maximum atomic E-state index is 10.3. The van der Waals surface area contributed by atoms with Gasteiger partial charge in [-0.2, -0.15) is 0 Å². The fraction of sp³-hybridized carbons (Fsp3) is 0.900. The van der Waals surface area contributed by atoms with Crippen molar-refractivity contribution in [3.05, 3.63) is 0 Å². The Labute approximate surface area is 85.3 Å². The third-order valence-electron chi connectivity index (χ3n) is 2.15. The van der Waals surface area contributed by atoms with Crippen LogP contribution in [0.1, 0.15) is 33.6 Å². The fourth-order valence-electron chi connectivity index (χ4n) is 0.948. The highest BCUT2D eigenvalue weighted by molar-refractivity contribution is 5.66. The Morgan fingerprint density at radius 1 is 1.50 bits per heavy atom. The molecule has 14 heavy (non-hydrogen) atoms. The van der Waals surface area contributed by atoms with E-state index in [-0.39, 0.29) is 24.5 Å². The standard InChI is InChI=1S/C10H21NO3/c1-8(4-5-9(13)14)11-6-10(2,3)7-12/h8,11-12H,4-7H2,1-3H3,(H,13,14). The summed E-state index contributed by atoms with van der Waals surface area (Å²) in [4.78, 5) is 10.3. The number of hydrogen-bond acceptors (Lipinski definition) is 3. The van der Waals surface area contributed by atoms with Crippen molar-refractivity contribution in [3.63, 3.8) is 0 Å². The molecule has 0 bridgehead atoms. The largest absolute Gasteiger partial charge is 0.481 e. The molecule has 0 spiro atoms. The van der Waals surface area contributed by atoms with E-state index in [4.69, 9.17) is 10.2 Å². The zero-order valence-corrected chi connectivity index (χ0v) is 9.21. The highest BCUT2D eigenvalue weighted by atomic mass is 16.4. The maximum absolute atomic E-state index is 10.3. The summed E-state index contributed by atoms with van der Waals surface area (Å²) in [5, 5.41) is 20.7. The van der Waals surface area contributed by atoms with E-state index in [2.05, 4.69) is 5.32 Å². The van der Waals surface area contributed by atoms with Crippen molar-refractivity contribution in [2.45, 2.75) is 39.7 Å². The molecule has 1 unspecified atom stereocenters. The monoisotopic (exact) mass is 203 g/mol. The quantitative estimate of drug-likeness (QED) is 0.573. The molecule has 0 aromatic rings. The first-order valence-electron chi connectivity index (χ1n) is 4.93. The first-order valence-corrected chi connectivity index (χ1v) is 4.93. The van der Waals surface area contributed by atoms with E-state index in [9.17, 15) is 4.79 Å². The minimum Gasteiger partial charge on any atom is -0.481 e. The van der Waals surface area contributed by atoms with Crippen LogP contribution in [0.2, 0.25) is 0 Å². The zero-order valence-electron chi connectivity index (χ0n) is 9.21. The van der Waals surface area contributed by atoms with E-state index < -0.39 is 5.97 Å². The molecule has 0 aliphatic heterocycles. The van der Waals surface area contributed by atoms with Crippen LogP contribution in [0.25, 0.3) is 0 Å². The predicted octanol–water partition coefficient (Wildman–Crippen LogP) is 0.848. The van der Waals surface area contributed by atoms with Gasteiger partial charge in [0, 0.05) is 31.0 Å². The molecule has 1 atom stereocenters. The Morgan fingerprint density at radius 3 is 2.50 bits per heavy atom. The van der Waals surface area contributed by atoms with Gasteiger partial charge < -0.3 is 15.5 Å². The second-order valence-corrected chi connectivity index (χ2v) is 4.54. The average molecular weight is 203 g/mol. The molecule has 0 saturated heterocycles. The van der Waals surface area contributed by atoms with Crippen molar-refractivity contribution in [1.82, 2.24) is 5.32 Å². The molecule has 84 valence electrons. The highest BCUT2D eigenvalue weighted by Gasteiger charge is 2.17. The zero-order chi connectivity index (χ0) is 11.2. The fourth-order valence-corrected chi connectivity index (χ4v) is 0.948. The number of rotatable bonds is 7. The van der Waals surface area contributed by atoms with Gasteiger partial charge in [-0.1, -0.05) is 13.8 Å². The van der Waals surface area contributed by atoms with Gasteiger partial charge in [0.25, 0.3) is 0 Å². The molecule has 3 N–H and O–H groups in total. The molecule has 0 aromatic heterocycles. The van der Waals surface area contributed by atoms with E-state index in [1.165, 1.54) is 0 Å². The van der Waals surface area contributed by atoms with E-state index >= 15 is 0 Å². The van der Waals surface area contributed by atoms with E-state index in [0.29, 0.717) is 13.0 Å². The predicted molar refractivity (Wildman–Crippen MR) is 55.2 cm³/mol. The summed E-state index contributed by atoms with van der Waals surface area (Å²) < 4.78 is 0. The van der Waals surface area contributed by atoms with Gasteiger partial charge in [0.1, 0.15) is 0 Å². The van der Waals surface area contributed by atoms with Gasteiger partial charge >= 0.3 is 5.97 Å². The van der Waals surface area contributed by atoms with Crippen molar-refractivity contribution in [2.24, 2.45) is 5.41 Å². The summed E-state index contributed by atoms with van der Waals surface area (Å²) in [6.45, 7) is 6.71. The van der Waals surface area contributed by atoms with Gasteiger partial charge in [0.15, 0.2) is 0 Å². The third kappa shape index (κ3) is 6.86. The Hall–Kier alpha value is -0.610. The second kappa shape index (κ2) is 5.98. The van der Waals surface area contributed by atoms with Crippen molar-refractivity contribution >= 4 is 5.97 Å². The summed E-state index contributed by atoms with van der Waals surface area (Å²) in [5.74, 6) is -0.764. The topological polar surface area (TPSA) is 69.6 Å². The average Bonchev–Trinajstić information content (AvgIpc) is 2.11. The van der Waals surface area contributed by atoms with Crippen molar-refractivity contribution in [3.8, 4) is 0 Å². The van der Waals surface area contributed by atoms with E-state index in [0.717, 1.165) is 0 Å². The minimum atomic E-state index is -0.764. The van der Waals surface area contributed by atoms with Crippen LogP contribution in [0.3, 0.4) is 0 Å². The lowest BCUT2D eigenvalue weighted by atomic mass is 9.94. The number of hydrogen-bond donors (Lipinski definition) is 3. The number of carbonyl (C=O) groups is 1. The number of nitrogens with one attached hydrogen (secondary N) is 1. The maximum Gasteiger partial charge on any atom is 0.303 e. The highest BCUT2D eigenvalue weighted by Crippen LogP contribution is 2.12. The molecule has 0 aromatic carbocycles. The van der Waals surface area contributed by atoms with Gasteiger partial charge in [-0.15, -0.1) is 0 Å². The summed E-state index contributed by atoms with van der Waals surface area (Å²) in [7, 11) is 0.